The number of ether oxygens (including phenoxy) is 1. The molecule has 0 saturated carbocycles. The van der Waals surface area contributed by atoms with Crippen LogP contribution in [0, 0.1) is 0 Å². The van der Waals surface area contributed by atoms with Gasteiger partial charge in [-0.05, 0) is 45.8 Å². The monoisotopic (exact) mass is 520 g/mol. The molecule has 1 aromatic carbocycles. The number of amides is 1. The number of nitrogens with one attached hydrogen (secondary N) is 2. The molecule has 0 unspecified atom stereocenters. The fraction of sp³-hybridized carbons (Fsp3) is 0.269. The van der Waals surface area contributed by atoms with Crippen LogP contribution in [0.15, 0.2) is 60.0 Å². The van der Waals surface area contributed by atoms with Gasteiger partial charge in [0.2, 0.25) is 0 Å². The number of fused-ring (bicyclic) bond motifs is 1. The number of aromatic amines is 1. The first-order valence-corrected chi connectivity index (χ1v) is 13.8. The van der Waals surface area contributed by atoms with E-state index in [1.807, 2.05) is 24.4 Å². The summed E-state index contributed by atoms with van der Waals surface area (Å²) in [5.41, 5.74) is 4.72. The summed E-state index contributed by atoms with van der Waals surface area (Å²) in [6.07, 6.45) is 5.04. The van der Waals surface area contributed by atoms with Crippen LogP contribution in [0.1, 0.15) is 24.3 Å². The van der Waals surface area contributed by atoms with E-state index in [1.165, 1.54) is 12.3 Å². The number of benzene rings is 1. The quantitative estimate of drug-likeness (QED) is 0.250. The van der Waals surface area contributed by atoms with Gasteiger partial charge in [-0.2, -0.15) is 5.10 Å². The van der Waals surface area contributed by atoms with Crippen LogP contribution in [0.3, 0.4) is 0 Å². The second kappa shape index (κ2) is 10.2. The zero-order chi connectivity index (χ0) is 26.0. The van der Waals surface area contributed by atoms with Crippen molar-refractivity contribution in [3.63, 3.8) is 0 Å². The van der Waals surface area contributed by atoms with Gasteiger partial charge < -0.3 is 15.0 Å². The van der Waals surface area contributed by atoms with E-state index in [4.69, 9.17) is 4.74 Å². The van der Waals surface area contributed by atoms with Gasteiger partial charge in [-0.3, -0.25) is 23.9 Å². The molecule has 0 bridgehead atoms. The minimum Gasteiger partial charge on any atom is -0.378 e. The number of H-pyrrole nitrogens is 1. The Balaban J connectivity index is 1.39. The third-order valence-electron chi connectivity index (χ3n) is 6.50. The van der Waals surface area contributed by atoms with Crippen LogP contribution in [0.4, 0.5) is 11.4 Å². The van der Waals surface area contributed by atoms with Crippen molar-refractivity contribution in [2.24, 2.45) is 0 Å². The van der Waals surface area contributed by atoms with Crippen molar-refractivity contribution in [2.45, 2.75) is 24.1 Å². The number of hydrogen-bond acceptors (Lipinski definition) is 8. The summed E-state index contributed by atoms with van der Waals surface area (Å²) in [4.78, 5) is 35.4. The average molecular weight is 521 g/mol. The average Bonchev–Trinajstić information content (AvgIpc) is 3.37. The van der Waals surface area contributed by atoms with E-state index in [-0.39, 0.29) is 16.0 Å². The predicted octanol–water partition coefficient (Wildman–Crippen LogP) is 3.08. The number of hydrogen-bond donors (Lipinski definition) is 3. The number of carbonyl (C=O) groups is 2. The lowest BCUT2D eigenvalue weighted by molar-refractivity contribution is 0.102. The van der Waals surface area contributed by atoms with E-state index in [0.29, 0.717) is 29.9 Å². The van der Waals surface area contributed by atoms with Crippen LogP contribution in [-0.4, -0.2) is 67.5 Å². The van der Waals surface area contributed by atoms with Gasteiger partial charge in [0.25, 0.3) is 5.91 Å². The highest BCUT2D eigenvalue weighted by molar-refractivity contribution is 8.15. The first-order chi connectivity index (χ1) is 17.9. The second-order valence-corrected chi connectivity index (χ2v) is 12.3. The number of aromatic nitrogens is 4. The third-order valence-corrected chi connectivity index (χ3v) is 9.33. The van der Waals surface area contributed by atoms with Gasteiger partial charge in [0.1, 0.15) is 5.03 Å². The van der Waals surface area contributed by atoms with Crippen molar-refractivity contribution in [2.75, 3.05) is 36.5 Å². The Hall–Kier alpha value is -3.96. The highest BCUT2D eigenvalue weighted by Gasteiger charge is 2.23. The molecule has 192 valence electrons. The van der Waals surface area contributed by atoms with Crippen molar-refractivity contribution < 1.29 is 18.5 Å². The van der Waals surface area contributed by atoms with Crippen LogP contribution >= 0.6 is 0 Å². The van der Waals surface area contributed by atoms with Gasteiger partial charge in [0.05, 0.1) is 42.5 Å². The molecule has 0 spiro atoms. The van der Waals surface area contributed by atoms with Crippen LogP contribution in [0.5, 0.6) is 0 Å². The van der Waals surface area contributed by atoms with Crippen molar-refractivity contribution in [3.05, 3.63) is 60.7 Å². The minimum absolute atomic E-state index is 0.221. The van der Waals surface area contributed by atoms with Gasteiger partial charge in [-0.1, -0.05) is 19.9 Å². The maximum atomic E-state index is 13.1. The molecule has 1 aliphatic heterocycles. The normalized spacial score (nSPS) is 14.6. The fourth-order valence-electron chi connectivity index (χ4n) is 4.24. The Labute approximate surface area is 214 Å². The molecule has 1 saturated heterocycles. The van der Waals surface area contributed by atoms with E-state index in [0.717, 1.165) is 35.4 Å². The lowest BCUT2D eigenvalue weighted by Crippen LogP contribution is -2.36. The molecule has 1 amide bonds. The fourth-order valence-corrected chi connectivity index (χ4v) is 5.67. The molecule has 5 rings (SSSR count). The van der Waals surface area contributed by atoms with Gasteiger partial charge >= 0.3 is 0 Å². The Bertz CT molecular complexity index is 1490. The number of nitrogens with zero attached hydrogens (tertiary/aromatic N) is 4. The number of rotatable bonds is 7. The standard InChI is InChI=1S/C26H28N6O4S/c1-17(2)37(35,16-33)24-6-4-20(14-28-24)29-26(34)25-22-12-18(3-5-23(22)30-31-25)19-11-21(15-27-13-19)32-7-9-36-10-8-32/h3-6,11-17,37H,7-10H2,1-2H3,(H,29,34)(H,30,31). The minimum atomic E-state index is -3.24. The lowest BCUT2D eigenvalue weighted by Gasteiger charge is -2.28. The third kappa shape index (κ3) is 4.87. The van der Waals surface area contributed by atoms with Gasteiger partial charge in [0, 0.05) is 35.5 Å². The summed E-state index contributed by atoms with van der Waals surface area (Å²) in [5, 5.41) is 10.4. The Morgan fingerprint density at radius 1 is 1.11 bits per heavy atom. The summed E-state index contributed by atoms with van der Waals surface area (Å²) in [7, 11) is -3.24. The summed E-state index contributed by atoms with van der Waals surface area (Å²) in [6.45, 7) is 6.45. The summed E-state index contributed by atoms with van der Waals surface area (Å²) < 4.78 is 18.3. The molecule has 0 radical (unpaired) electrons. The van der Waals surface area contributed by atoms with Crippen LogP contribution in [0.25, 0.3) is 22.0 Å². The molecule has 4 heterocycles. The SMILES string of the molecule is CC(C)[SH](=O)(C=O)c1ccc(NC(=O)c2n[nH]c3ccc(-c4cncc(N5CCOCC5)c4)cc23)cn1. The Morgan fingerprint density at radius 3 is 2.62 bits per heavy atom. The predicted molar refractivity (Wildman–Crippen MR) is 144 cm³/mol. The number of thiol groups is 1. The Morgan fingerprint density at radius 2 is 1.92 bits per heavy atom. The number of pyridine rings is 2. The maximum Gasteiger partial charge on any atom is 0.276 e. The highest BCUT2D eigenvalue weighted by Crippen LogP contribution is 2.28. The largest absolute Gasteiger partial charge is 0.378 e. The molecule has 3 aromatic heterocycles. The van der Waals surface area contributed by atoms with E-state index in [9.17, 15) is 13.8 Å². The number of morpholine rings is 1. The zero-order valence-electron chi connectivity index (χ0n) is 20.5. The number of anilines is 2. The lowest BCUT2D eigenvalue weighted by atomic mass is 10.0. The molecule has 1 aliphatic rings. The van der Waals surface area contributed by atoms with Crippen LogP contribution < -0.4 is 10.2 Å². The first kappa shape index (κ1) is 24.7. The molecule has 2 N–H and O–H groups in total. The maximum absolute atomic E-state index is 13.1. The van der Waals surface area contributed by atoms with E-state index < -0.39 is 15.8 Å². The first-order valence-electron chi connectivity index (χ1n) is 12.0. The van der Waals surface area contributed by atoms with Gasteiger partial charge in [-0.25, -0.2) is 4.98 Å². The van der Waals surface area contributed by atoms with Crippen molar-refractivity contribution in [3.8, 4) is 11.1 Å². The summed E-state index contributed by atoms with van der Waals surface area (Å²) >= 11 is 0. The molecule has 11 heteroatoms. The molecule has 37 heavy (non-hydrogen) atoms. The van der Waals surface area contributed by atoms with Crippen LogP contribution in [0.2, 0.25) is 0 Å². The molecule has 0 aliphatic carbocycles. The van der Waals surface area contributed by atoms with Crippen LogP contribution in [-0.2, 0) is 19.5 Å². The van der Waals surface area contributed by atoms with E-state index >= 15 is 0 Å². The zero-order valence-corrected chi connectivity index (χ0v) is 21.4. The van der Waals surface area contributed by atoms with Gasteiger partial charge in [-0.15, -0.1) is 0 Å². The molecular formula is C26H28N6O4S. The van der Waals surface area contributed by atoms with Crippen molar-refractivity contribution in [1.82, 2.24) is 20.2 Å². The molecular weight excluding hydrogens is 492 g/mol. The van der Waals surface area contributed by atoms with E-state index in [2.05, 4.69) is 36.4 Å². The summed E-state index contributed by atoms with van der Waals surface area (Å²) in [6, 6.07) is 10.9. The molecule has 0 atom stereocenters. The van der Waals surface area contributed by atoms with E-state index in [1.54, 1.807) is 26.1 Å². The summed E-state index contributed by atoms with van der Waals surface area (Å²) in [5.74, 6) is -0.416. The number of carbonyl (C=O) groups excluding carboxylic acids is 2. The topological polar surface area (TPSA) is 130 Å². The second-order valence-electron chi connectivity index (χ2n) is 9.13. The van der Waals surface area contributed by atoms with Gasteiger partial charge in [0.15, 0.2) is 11.3 Å². The molecule has 4 aromatic rings. The Kier molecular flexibility index (Phi) is 6.81. The smallest absolute Gasteiger partial charge is 0.276 e. The van der Waals surface area contributed by atoms with Crippen molar-refractivity contribution in [1.29, 1.82) is 0 Å². The molecule has 10 nitrogen and oxygen atoms in total. The van der Waals surface area contributed by atoms with Crippen molar-refractivity contribution >= 4 is 43.7 Å². The highest BCUT2D eigenvalue weighted by atomic mass is 32.2. The molecule has 1 fully saturated rings.